The van der Waals surface area contributed by atoms with Crippen molar-refractivity contribution in [1.82, 2.24) is 4.90 Å². The van der Waals surface area contributed by atoms with Gasteiger partial charge in [0.1, 0.15) is 11.5 Å². The van der Waals surface area contributed by atoms with E-state index in [0.717, 1.165) is 12.7 Å². The quantitative estimate of drug-likeness (QED) is 0.312. The summed E-state index contributed by atoms with van der Waals surface area (Å²) in [6, 6.07) is 4.75. The number of halogens is 1. The van der Waals surface area contributed by atoms with E-state index in [2.05, 4.69) is 20.7 Å². The van der Waals surface area contributed by atoms with E-state index in [0.29, 0.717) is 33.8 Å². The van der Waals surface area contributed by atoms with Crippen LogP contribution in [0.5, 0.6) is 11.5 Å². The highest BCUT2D eigenvalue weighted by atomic mass is 79.9. The molecule has 0 saturated carbocycles. The molecule has 0 spiro atoms. The van der Waals surface area contributed by atoms with Crippen molar-refractivity contribution < 1.29 is 38.6 Å². The number of hydrogen-bond donors (Lipinski definition) is 1. The lowest BCUT2D eigenvalue weighted by atomic mass is 9.59. The molecule has 0 radical (unpaired) electrons. The van der Waals surface area contributed by atoms with Crippen molar-refractivity contribution in [2.75, 3.05) is 7.11 Å². The number of carbonyl (C=O) groups excluding carboxylic acids is 5. The third-order valence-corrected chi connectivity index (χ3v) is 8.42. The number of aromatic hydroxyl groups is 1. The van der Waals surface area contributed by atoms with Crippen LogP contribution in [-0.4, -0.2) is 46.6 Å². The van der Waals surface area contributed by atoms with E-state index >= 15 is 0 Å². The second-order valence-electron chi connectivity index (χ2n) is 9.65. The maximum Gasteiger partial charge on any atom is 0.423 e. The lowest BCUT2D eigenvalue weighted by Gasteiger charge is -2.43. The van der Waals surface area contributed by atoms with Crippen LogP contribution < -0.4 is 4.74 Å². The first-order chi connectivity index (χ1) is 17.7. The van der Waals surface area contributed by atoms with Gasteiger partial charge in [0.15, 0.2) is 11.6 Å². The summed E-state index contributed by atoms with van der Waals surface area (Å²) in [5, 5.41) is 9.99. The number of phenolic OH excluding ortho intramolecular Hbond substituents is 1. The van der Waals surface area contributed by atoms with E-state index < -0.39 is 41.6 Å². The zero-order chi connectivity index (χ0) is 26.2. The number of imide groups is 3. The zero-order valence-corrected chi connectivity index (χ0v) is 21.1. The first-order valence-electron chi connectivity index (χ1n) is 11.7. The number of Topliss-reactive ketones (excluding diaryl/α,β-unsaturated/α-hetero) is 1. The lowest BCUT2D eigenvalue weighted by molar-refractivity contribution is -0.137. The molecule has 1 aromatic rings. The van der Waals surface area contributed by atoms with Crippen molar-refractivity contribution in [1.29, 1.82) is 0 Å². The van der Waals surface area contributed by atoms with Crippen LogP contribution in [0.1, 0.15) is 18.4 Å². The molecule has 2 heterocycles. The average Bonchev–Trinajstić information content (AvgIpc) is 3.14. The normalized spacial score (nSPS) is 28.4. The second-order valence-corrected chi connectivity index (χ2v) is 10.5. The Kier molecular flexibility index (Phi) is 5.34. The summed E-state index contributed by atoms with van der Waals surface area (Å²) < 4.78 is 10.6. The zero-order valence-electron chi connectivity index (χ0n) is 19.5. The van der Waals surface area contributed by atoms with E-state index in [1.165, 1.54) is 12.1 Å². The minimum Gasteiger partial charge on any atom is -0.508 e. The number of amides is 3. The number of nitrogens with zero attached hydrogens (tertiary/aromatic N) is 1. The molecule has 1 saturated heterocycles. The summed E-state index contributed by atoms with van der Waals surface area (Å²) in [5.74, 6) is -4.16. The fourth-order valence-electron chi connectivity index (χ4n) is 6.29. The van der Waals surface area contributed by atoms with Gasteiger partial charge < -0.3 is 14.6 Å². The molecule has 4 atom stereocenters. The fourth-order valence-corrected chi connectivity index (χ4v) is 6.73. The minimum absolute atomic E-state index is 0.0681. The summed E-state index contributed by atoms with van der Waals surface area (Å²) in [5.41, 5.74) is 2.76. The molecule has 10 heteroatoms. The summed E-state index contributed by atoms with van der Waals surface area (Å²) in [4.78, 5) is 65.7. The van der Waals surface area contributed by atoms with Gasteiger partial charge in [-0.1, -0.05) is 11.6 Å². The highest BCUT2D eigenvalue weighted by Crippen LogP contribution is 2.55. The van der Waals surface area contributed by atoms with Crippen LogP contribution in [0.4, 0.5) is 4.79 Å². The van der Waals surface area contributed by atoms with Crippen molar-refractivity contribution in [3.8, 4) is 11.5 Å². The summed E-state index contributed by atoms with van der Waals surface area (Å²) in [6.45, 7) is 0. The number of fused-ring (bicyclic) bond motifs is 4. The Hall–Kier alpha value is -3.79. The molecule has 3 amide bonds. The SMILES string of the molecule is COC(=O)N1C(=O)[C@H]2[C@H](CC=C3[C@H](C4=COc5ccc(O)cc5C4)C4=C(C[C@H]32)C(=O)C(Br)=CC4=O)C1=O. The highest BCUT2D eigenvalue weighted by molar-refractivity contribution is 9.12. The highest BCUT2D eigenvalue weighted by Gasteiger charge is 2.58. The molecule has 0 unspecified atom stereocenters. The predicted molar refractivity (Wildman–Crippen MR) is 130 cm³/mol. The molecule has 1 N–H and O–H groups in total. The first kappa shape index (κ1) is 23.6. The molecule has 1 fully saturated rings. The van der Waals surface area contributed by atoms with Gasteiger partial charge in [-0.2, -0.15) is 4.90 Å². The number of ether oxygens (including phenoxy) is 2. The molecule has 5 aliphatic rings. The summed E-state index contributed by atoms with van der Waals surface area (Å²) in [6.07, 6.45) is 4.28. The largest absolute Gasteiger partial charge is 0.508 e. The number of allylic oxidation sites excluding steroid dienone is 7. The van der Waals surface area contributed by atoms with Crippen LogP contribution in [0.2, 0.25) is 0 Å². The number of carbonyl (C=O) groups is 5. The van der Waals surface area contributed by atoms with Crippen molar-refractivity contribution >= 4 is 45.4 Å². The number of methoxy groups -OCH3 is 1. The van der Waals surface area contributed by atoms with Gasteiger partial charge in [-0.3, -0.25) is 19.2 Å². The third-order valence-electron chi connectivity index (χ3n) is 7.84. The topological polar surface area (TPSA) is 127 Å². The smallest absolute Gasteiger partial charge is 0.423 e. The molecule has 1 aromatic carbocycles. The van der Waals surface area contributed by atoms with Crippen LogP contribution in [-0.2, 0) is 30.3 Å². The number of phenols is 1. The lowest BCUT2D eigenvalue weighted by Crippen LogP contribution is -2.41. The van der Waals surface area contributed by atoms with Gasteiger partial charge in [-0.25, -0.2) is 4.79 Å². The summed E-state index contributed by atoms with van der Waals surface area (Å²) in [7, 11) is 1.10. The predicted octanol–water partition coefficient (Wildman–Crippen LogP) is 3.27. The molecule has 0 aromatic heterocycles. The molecule has 9 nitrogen and oxygen atoms in total. The maximum absolute atomic E-state index is 13.4. The summed E-state index contributed by atoms with van der Waals surface area (Å²) >= 11 is 3.19. The van der Waals surface area contributed by atoms with Crippen LogP contribution in [0, 0.1) is 23.7 Å². The number of hydrogen-bond acceptors (Lipinski definition) is 8. The van der Waals surface area contributed by atoms with Crippen molar-refractivity contribution in [3.05, 3.63) is 69.0 Å². The number of rotatable bonds is 1. The van der Waals surface area contributed by atoms with Gasteiger partial charge in [0, 0.05) is 35.1 Å². The number of ketones is 2. The van der Waals surface area contributed by atoms with Crippen molar-refractivity contribution in [3.63, 3.8) is 0 Å². The van der Waals surface area contributed by atoms with E-state index in [1.54, 1.807) is 18.4 Å². The van der Waals surface area contributed by atoms with E-state index in [9.17, 15) is 29.1 Å². The Balaban J connectivity index is 1.48. The molecule has 37 heavy (non-hydrogen) atoms. The molecule has 6 rings (SSSR count). The van der Waals surface area contributed by atoms with Crippen molar-refractivity contribution in [2.45, 2.75) is 19.3 Å². The van der Waals surface area contributed by atoms with Gasteiger partial charge in [0.25, 0.3) is 0 Å². The minimum atomic E-state index is -1.03. The van der Waals surface area contributed by atoms with Crippen LogP contribution in [0.25, 0.3) is 0 Å². The van der Waals surface area contributed by atoms with Crippen LogP contribution >= 0.6 is 15.9 Å². The molecule has 0 bridgehead atoms. The van der Waals surface area contributed by atoms with Gasteiger partial charge in [0.05, 0.1) is 29.7 Å². The molecular formula is C27H20BrNO8. The monoisotopic (exact) mass is 565 g/mol. The third kappa shape index (κ3) is 3.38. The Morgan fingerprint density at radius 3 is 2.70 bits per heavy atom. The van der Waals surface area contributed by atoms with E-state index in [4.69, 9.17) is 4.74 Å². The van der Waals surface area contributed by atoms with Crippen LogP contribution in [0.3, 0.4) is 0 Å². The molecule has 188 valence electrons. The van der Waals surface area contributed by atoms with Gasteiger partial charge in [-0.15, -0.1) is 0 Å². The average molecular weight is 566 g/mol. The molecule has 2 aliphatic heterocycles. The maximum atomic E-state index is 13.4. The van der Waals surface area contributed by atoms with E-state index in [-0.39, 0.29) is 40.2 Å². The van der Waals surface area contributed by atoms with Crippen LogP contribution in [0.15, 0.2) is 63.4 Å². The Bertz CT molecular complexity index is 1460. The number of benzene rings is 1. The van der Waals surface area contributed by atoms with Gasteiger partial charge in [-0.05, 0) is 58.5 Å². The standard InChI is InChI=1S/C27H20BrNO8/c1-36-27(35)29-25(33)15-4-3-14-16(22(15)26(29)34)8-17-23(19(31)9-18(28)24(17)32)21(14)12-6-11-7-13(30)2-5-20(11)37-10-12/h2-3,5,7,9-10,15-16,21-22,30H,4,6,8H2,1H3/t15-,16+,21-,22-/m0/s1. The second kappa shape index (κ2) is 8.37. The molecule has 3 aliphatic carbocycles. The molecular weight excluding hydrogens is 546 g/mol. The Morgan fingerprint density at radius 1 is 1.16 bits per heavy atom. The number of likely N-dealkylation sites (tertiary alicyclic amines) is 1. The van der Waals surface area contributed by atoms with Gasteiger partial charge >= 0.3 is 6.09 Å². The Morgan fingerprint density at radius 2 is 1.95 bits per heavy atom. The van der Waals surface area contributed by atoms with Gasteiger partial charge in [0.2, 0.25) is 11.8 Å². The fraction of sp³-hybridized carbons (Fsp3) is 0.296. The first-order valence-corrected chi connectivity index (χ1v) is 12.5. The Labute approximate surface area is 219 Å². The van der Waals surface area contributed by atoms with E-state index in [1.807, 2.05) is 6.08 Å². The van der Waals surface area contributed by atoms with Crippen molar-refractivity contribution in [2.24, 2.45) is 23.7 Å².